The van der Waals surface area contributed by atoms with E-state index < -0.39 is 6.10 Å². The molecule has 1 nitrogen and oxygen atoms in total. The molecule has 0 saturated heterocycles. The van der Waals surface area contributed by atoms with Crippen LogP contribution in [-0.4, -0.2) is 5.11 Å². The summed E-state index contributed by atoms with van der Waals surface area (Å²) in [5, 5.41) is 10.1. The fraction of sp³-hybridized carbons (Fsp3) is 0.100. The van der Waals surface area contributed by atoms with Gasteiger partial charge in [-0.2, -0.15) is 0 Å². The van der Waals surface area contributed by atoms with E-state index in [1.807, 2.05) is 55.5 Å². The molecule has 0 spiro atoms. The molecule has 0 bridgehead atoms. The summed E-state index contributed by atoms with van der Waals surface area (Å²) in [5.41, 5.74) is 5.52. The van der Waals surface area contributed by atoms with Gasteiger partial charge in [0.05, 0.1) is 6.10 Å². The van der Waals surface area contributed by atoms with Crippen molar-refractivity contribution in [1.82, 2.24) is 0 Å². The lowest BCUT2D eigenvalue weighted by Crippen LogP contribution is -1.97. The van der Waals surface area contributed by atoms with Gasteiger partial charge in [0.2, 0.25) is 0 Å². The summed E-state index contributed by atoms with van der Waals surface area (Å²) in [6, 6.07) is 26.7. The third kappa shape index (κ3) is 2.74. The number of rotatable bonds is 3. The van der Waals surface area contributed by atoms with Gasteiger partial charge in [0, 0.05) is 0 Å². The molecule has 0 amide bonds. The molecule has 1 heteroatoms. The van der Waals surface area contributed by atoms with Crippen LogP contribution in [0.5, 0.6) is 0 Å². The van der Waals surface area contributed by atoms with Crippen molar-refractivity contribution >= 4 is 0 Å². The minimum absolute atomic E-state index is 0.496. The Balaban J connectivity index is 2.28. The van der Waals surface area contributed by atoms with Crippen molar-refractivity contribution in [2.24, 2.45) is 0 Å². The van der Waals surface area contributed by atoms with Crippen molar-refractivity contribution in [3.05, 3.63) is 84.4 Å². The quantitative estimate of drug-likeness (QED) is 0.706. The smallest absolute Gasteiger partial charge is 0.0768 e. The van der Waals surface area contributed by atoms with Gasteiger partial charge < -0.3 is 5.11 Å². The molecule has 21 heavy (non-hydrogen) atoms. The Morgan fingerprint density at radius 1 is 0.667 bits per heavy atom. The Hall–Kier alpha value is -2.38. The molecule has 0 aromatic heterocycles. The van der Waals surface area contributed by atoms with Gasteiger partial charge in [0.1, 0.15) is 0 Å². The third-order valence-electron chi connectivity index (χ3n) is 3.69. The summed E-state index contributed by atoms with van der Waals surface area (Å²) in [6.45, 7) is 1.82. The van der Waals surface area contributed by atoms with Crippen LogP contribution >= 0.6 is 0 Å². The van der Waals surface area contributed by atoms with Crippen LogP contribution in [0, 0.1) is 0 Å². The van der Waals surface area contributed by atoms with Crippen molar-refractivity contribution < 1.29 is 5.11 Å². The molecule has 0 saturated carbocycles. The number of aliphatic hydroxyl groups is 1. The molecule has 3 aromatic carbocycles. The minimum atomic E-state index is -0.496. The minimum Gasteiger partial charge on any atom is -0.389 e. The summed E-state index contributed by atoms with van der Waals surface area (Å²) in [4.78, 5) is 0. The van der Waals surface area contributed by atoms with E-state index in [9.17, 15) is 5.11 Å². The van der Waals surface area contributed by atoms with Gasteiger partial charge in [0.15, 0.2) is 0 Å². The van der Waals surface area contributed by atoms with E-state index in [0.717, 1.165) is 22.3 Å². The third-order valence-corrected chi connectivity index (χ3v) is 3.69. The first-order chi connectivity index (χ1) is 10.3. The van der Waals surface area contributed by atoms with Crippen LogP contribution in [0.1, 0.15) is 18.6 Å². The monoisotopic (exact) mass is 274 g/mol. The van der Waals surface area contributed by atoms with Gasteiger partial charge >= 0.3 is 0 Å². The van der Waals surface area contributed by atoms with E-state index in [4.69, 9.17) is 0 Å². The molecule has 3 rings (SSSR count). The second-order valence-corrected chi connectivity index (χ2v) is 5.18. The van der Waals surface area contributed by atoms with Crippen LogP contribution in [-0.2, 0) is 0 Å². The van der Waals surface area contributed by atoms with Gasteiger partial charge in [0.25, 0.3) is 0 Å². The SMILES string of the molecule is C[C@H](O)c1cccc(-c2ccccc2)c1-c1ccccc1. The average molecular weight is 274 g/mol. The lowest BCUT2D eigenvalue weighted by atomic mass is 9.89. The van der Waals surface area contributed by atoms with E-state index in [1.54, 1.807) is 0 Å². The van der Waals surface area contributed by atoms with Crippen LogP contribution < -0.4 is 0 Å². The highest BCUT2D eigenvalue weighted by molar-refractivity contribution is 5.85. The summed E-state index contributed by atoms with van der Waals surface area (Å²) in [7, 11) is 0. The highest BCUT2D eigenvalue weighted by Gasteiger charge is 2.14. The number of aliphatic hydroxyl groups excluding tert-OH is 1. The lowest BCUT2D eigenvalue weighted by molar-refractivity contribution is 0.200. The zero-order valence-corrected chi connectivity index (χ0v) is 12.0. The Kier molecular flexibility index (Phi) is 3.85. The van der Waals surface area contributed by atoms with E-state index in [0.29, 0.717) is 0 Å². The highest BCUT2D eigenvalue weighted by atomic mass is 16.3. The number of hydrogen-bond acceptors (Lipinski definition) is 1. The maximum Gasteiger partial charge on any atom is 0.0768 e. The lowest BCUT2D eigenvalue weighted by Gasteiger charge is -2.17. The van der Waals surface area contributed by atoms with Gasteiger partial charge in [-0.15, -0.1) is 0 Å². The zero-order chi connectivity index (χ0) is 14.7. The Bertz CT molecular complexity index is 715. The molecule has 0 aliphatic rings. The van der Waals surface area contributed by atoms with Gasteiger partial charge in [-0.05, 0) is 34.7 Å². The van der Waals surface area contributed by atoms with Crippen LogP contribution in [0.3, 0.4) is 0 Å². The fourth-order valence-electron chi connectivity index (χ4n) is 2.70. The largest absolute Gasteiger partial charge is 0.389 e. The van der Waals surface area contributed by atoms with E-state index in [2.05, 4.69) is 30.3 Å². The Labute approximate surface area is 125 Å². The Morgan fingerprint density at radius 2 is 1.24 bits per heavy atom. The fourth-order valence-corrected chi connectivity index (χ4v) is 2.70. The molecule has 3 aromatic rings. The van der Waals surface area contributed by atoms with Gasteiger partial charge in [-0.3, -0.25) is 0 Å². The summed E-state index contributed by atoms with van der Waals surface area (Å²) < 4.78 is 0. The van der Waals surface area contributed by atoms with Crippen LogP contribution in [0.2, 0.25) is 0 Å². The van der Waals surface area contributed by atoms with Crippen LogP contribution in [0.4, 0.5) is 0 Å². The van der Waals surface area contributed by atoms with Crippen molar-refractivity contribution in [2.45, 2.75) is 13.0 Å². The second kappa shape index (κ2) is 5.94. The zero-order valence-electron chi connectivity index (χ0n) is 12.0. The molecule has 1 atom stereocenters. The van der Waals surface area contributed by atoms with E-state index in [1.165, 1.54) is 5.56 Å². The second-order valence-electron chi connectivity index (χ2n) is 5.18. The first-order valence-corrected chi connectivity index (χ1v) is 7.19. The standard InChI is InChI=1S/C20H18O/c1-15(21)18-13-8-14-19(16-9-4-2-5-10-16)20(18)17-11-6-3-7-12-17/h2-15,21H,1H3/t15-/m0/s1. The maximum atomic E-state index is 10.1. The molecule has 0 radical (unpaired) electrons. The summed E-state index contributed by atoms with van der Waals surface area (Å²) >= 11 is 0. The normalized spacial score (nSPS) is 12.1. The molecule has 0 heterocycles. The topological polar surface area (TPSA) is 20.2 Å². The average Bonchev–Trinajstić information content (AvgIpc) is 2.55. The molecular formula is C20H18O. The van der Waals surface area contributed by atoms with Gasteiger partial charge in [-0.25, -0.2) is 0 Å². The maximum absolute atomic E-state index is 10.1. The predicted octanol–water partition coefficient (Wildman–Crippen LogP) is 5.07. The molecule has 0 aliphatic heterocycles. The van der Waals surface area contributed by atoms with Crippen molar-refractivity contribution in [1.29, 1.82) is 0 Å². The van der Waals surface area contributed by atoms with Crippen molar-refractivity contribution in [2.75, 3.05) is 0 Å². The van der Waals surface area contributed by atoms with Crippen molar-refractivity contribution in [3.63, 3.8) is 0 Å². The van der Waals surface area contributed by atoms with Crippen LogP contribution in [0.25, 0.3) is 22.3 Å². The van der Waals surface area contributed by atoms with Gasteiger partial charge in [-0.1, -0.05) is 78.9 Å². The number of benzene rings is 3. The first-order valence-electron chi connectivity index (χ1n) is 7.19. The van der Waals surface area contributed by atoms with E-state index >= 15 is 0 Å². The summed E-state index contributed by atoms with van der Waals surface area (Å²) in [5.74, 6) is 0. The highest BCUT2D eigenvalue weighted by Crippen LogP contribution is 2.37. The molecule has 0 fully saturated rings. The van der Waals surface area contributed by atoms with E-state index in [-0.39, 0.29) is 0 Å². The molecule has 0 unspecified atom stereocenters. The number of hydrogen-bond donors (Lipinski definition) is 1. The predicted molar refractivity (Wildman–Crippen MR) is 87.9 cm³/mol. The Morgan fingerprint density at radius 3 is 1.81 bits per heavy atom. The summed E-state index contributed by atoms with van der Waals surface area (Å²) in [6.07, 6.45) is -0.496. The molecule has 104 valence electrons. The molecule has 0 aliphatic carbocycles. The van der Waals surface area contributed by atoms with Crippen LogP contribution in [0.15, 0.2) is 78.9 Å². The molecular weight excluding hydrogens is 256 g/mol. The first kappa shape index (κ1) is 13.6. The van der Waals surface area contributed by atoms with Crippen molar-refractivity contribution in [3.8, 4) is 22.3 Å². The molecule has 1 N–H and O–H groups in total.